The fraction of sp³-hybridized carbons (Fsp3) is 0.533. The van der Waals surface area contributed by atoms with Crippen molar-refractivity contribution in [3.8, 4) is 11.8 Å². The summed E-state index contributed by atoms with van der Waals surface area (Å²) in [6.07, 6.45) is 0. The van der Waals surface area contributed by atoms with Crippen LogP contribution in [0.15, 0.2) is 0 Å². The second-order valence-corrected chi connectivity index (χ2v) is 5.02. The Bertz CT molecular complexity index is 551. The number of ether oxygens (including phenoxy) is 1. The Hall–Kier alpha value is -1.73. The van der Waals surface area contributed by atoms with Crippen LogP contribution in [-0.4, -0.2) is 27.9 Å². The third-order valence-corrected chi connectivity index (χ3v) is 2.89. The highest BCUT2D eigenvalue weighted by Crippen LogP contribution is 2.21. The van der Waals surface area contributed by atoms with Crippen LogP contribution in [0.4, 0.5) is 0 Å². The molecule has 0 aliphatic rings. The van der Waals surface area contributed by atoms with E-state index in [2.05, 4.69) is 11.8 Å². The van der Waals surface area contributed by atoms with Gasteiger partial charge in [-0.1, -0.05) is 11.8 Å². The Morgan fingerprint density at radius 1 is 1.42 bits per heavy atom. The molecule has 0 fully saturated rings. The fourth-order valence-electron chi connectivity index (χ4n) is 1.87. The first-order chi connectivity index (χ1) is 8.69. The molecule has 0 atom stereocenters. The first-order valence-electron chi connectivity index (χ1n) is 6.27. The maximum absolute atomic E-state index is 11.9. The molecular weight excluding hydrogens is 242 g/mol. The summed E-state index contributed by atoms with van der Waals surface area (Å²) in [5, 5.41) is 9.66. The Morgan fingerprint density at radius 2 is 2.00 bits per heavy atom. The van der Waals surface area contributed by atoms with E-state index in [1.54, 1.807) is 25.3 Å². The molecule has 1 aromatic heterocycles. The van der Waals surface area contributed by atoms with E-state index >= 15 is 0 Å². The summed E-state index contributed by atoms with van der Waals surface area (Å²) < 4.78 is 6.83. The Kier molecular flexibility index (Phi) is 4.43. The minimum atomic E-state index is -1.06. The molecule has 0 aromatic carbocycles. The van der Waals surface area contributed by atoms with Crippen LogP contribution < -0.4 is 0 Å². The van der Waals surface area contributed by atoms with Gasteiger partial charge in [0.2, 0.25) is 0 Å². The Labute approximate surface area is 114 Å². The average molecular weight is 263 g/mol. The third kappa shape index (κ3) is 3.39. The van der Waals surface area contributed by atoms with Gasteiger partial charge in [0.25, 0.3) is 0 Å². The Morgan fingerprint density at radius 3 is 2.47 bits per heavy atom. The predicted molar refractivity (Wildman–Crippen MR) is 74.0 cm³/mol. The molecule has 0 aliphatic heterocycles. The van der Waals surface area contributed by atoms with Crippen LogP contribution in [0.2, 0.25) is 0 Å². The van der Waals surface area contributed by atoms with E-state index in [1.807, 2.05) is 20.9 Å². The molecule has 104 valence electrons. The van der Waals surface area contributed by atoms with Crippen LogP contribution in [0.3, 0.4) is 0 Å². The van der Waals surface area contributed by atoms with Crippen molar-refractivity contribution < 1.29 is 14.6 Å². The lowest BCUT2D eigenvalue weighted by atomic mass is 10.1. The number of aliphatic hydroxyl groups is 1. The van der Waals surface area contributed by atoms with Crippen LogP contribution in [-0.2, 0) is 11.8 Å². The summed E-state index contributed by atoms with van der Waals surface area (Å²) in [5.74, 6) is 5.38. The van der Waals surface area contributed by atoms with Crippen LogP contribution >= 0.6 is 0 Å². The number of hydrogen-bond acceptors (Lipinski definition) is 3. The summed E-state index contributed by atoms with van der Waals surface area (Å²) in [5.41, 5.74) is 1.90. The van der Waals surface area contributed by atoms with Crippen LogP contribution in [0, 0.1) is 25.7 Å². The molecule has 0 radical (unpaired) electrons. The number of aromatic nitrogens is 1. The Balaban J connectivity index is 3.33. The summed E-state index contributed by atoms with van der Waals surface area (Å²) in [4.78, 5) is 11.9. The molecule has 0 saturated heterocycles. The quantitative estimate of drug-likeness (QED) is 0.655. The maximum Gasteiger partial charge on any atom is 0.355 e. The van der Waals surface area contributed by atoms with Gasteiger partial charge in [-0.3, -0.25) is 0 Å². The van der Waals surface area contributed by atoms with Crippen molar-refractivity contribution in [2.75, 3.05) is 6.61 Å². The SMILES string of the molecule is CCOC(=O)c1c(C)c(C#CC(C)(C)O)c(C)n1C. The highest BCUT2D eigenvalue weighted by molar-refractivity contribution is 5.90. The summed E-state index contributed by atoms with van der Waals surface area (Å²) in [6.45, 7) is 9.10. The molecule has 0 aliphatic carbocycles. The van der Waals surface area contributed by atoms with E-state index in [1.165, 1.54) is 0 Å². The maximum atomic E-state index is 11.9. The van der Waals surface area contributed by atoms with Gasteiger partial charge in [0.1, 0.15) is 11.3 Å². The van der Waals surface area contributed by atoms with Gasteiger partial charge in [0, 0.05) is 18.3 Å². The lowest BCUT2D eigenvalue weighted by molar-refractivity contribution is 0.0514. The zero-order valence-corrected chi connectivity index (χ0v) is 12.4. The topological polar surface area (TPSA) is 51.5 Å². The largest absolute Gasteiger partial charge is 0.461 e. The smallest absolute Gasteiger partial charge is 0.355 e. The number of nitrogens with zero attached hydrogens (tertiary/aromatic N) is 1. The van der Waals surface area contributed by atoms with Crippen molar-refractivity contribution >= 4 is 5.97 Å². The summed E-state index contributed by atoms with van der Waals surface area (Å²) >= 11 is 0. The number of carbonyl (C=O) groups is 1. The van der Waals surface area contributed by atoms with E-state index in [4.69, 9.17) is 4.74 Å². The highest BCUT2D eigenvalue weighted by Gasteiger charge is 2.21. The van der Waals surface area contributed by atoms with Crippen molar-refractivity contribution in [2.24, 2.45) is 7.05 Å². The van der Waals surface area contributed by atoms with Crippen molar-refractivity contribution in [3.63, 3.8) is 0 Å². The molecule has 0 unspecified atom stereocenters. The van der Waals surface area contributed by atoms with E-state index < -0.39 is 5.60 Å². The molecule has 1 N–H and O–H groups in total. The third-order valence-electron chi connectivity index (χ3n) is 2.89. The van der Waals surface area contributed by atoms with Crippen molar-refractivity contribution in [2.45, 2.75) is 40.2 Å². The molecule has 0 amide bonds. The fourth-order valence-corrected chi connectivity index (χ4v) is 1.87. The van der Waals surface area contributed by atoms with Gasteiger partial charge >= 0.3 is 5.97 Å². The standard InChI is InChI=1S/C15H21NO3/c1-7-19-14(17)13-10(2)12(11(3)16(13)6)8-9-15(4,5)18/h18H,7H2,1-6H3. The number of esters is 1. The lowest BCUT2D eigenvalue weighted by Crippen LogP contribution is -2.14. The molecular formula is C15H21NO3. The first-order valence-corrected chi connectivity index (χ1v) is 6.27. The molecule has 1 aromatic rings. The second kappa shape index (κ2) is 5.50. The van der Waals surface area contributed by atoms with Gasteiger partial charge in [-0.25, -0.2) is 4.79 Å². The van der Waals surface area contributed by atoms with Gasteiger partial charge in [-0.2, -0.15) is 0 Å². The minimum Gasteiger partial charge on any atom is -0.461 e. The van der Waals surface area contributed by atoms with E-state index in [-0.39, 0.29) is 5.97 Å². The lowest BCUT2D eigenvalue weighted by Gasteiger charge is -2.06. The van der Waals surface area contributed by atoms with Gasteiger partial charge in [0.15, 0.2) is 0 Å². The van der Waals surface area contributed by atoms with Gasteiger partial charge < -0.3 is 14.4 Å². The molecule has 0 saturated carbocycles. The second-order valence-electron chi connectivity index (χ2n) is 5.02. The molecule has 0 bridgehead atoms. The van der Waals surface area contributed by atoms with Crippen molar-refractivity contribution in [3.05, 3.63) is 22.5 Å². The van der Waals surface area contributed by atoms with Gasteiger partial charge in [-0.15, -0.1) is 0 Å². The van der Waals surface area contributed by atoms with E-state index in [0.29, 0.717) is 12.3 Å². The molecule has 4 heteroatoms. The highest BCUT2D eigenvalue weighted by atomic mass is 16.5. The minimum absolute atomic E-state index is 0.340. The number of rotatable bonds is 2. The predicted octanol–water partition coefficient (Wildman–Crippen LogP) is 1.94. The van der Waals surface area contributed by atoms with Gasteiger partial charge in [-0.05, 0) is 40.2 Å². The monoisotopic (exact) mass is 263 g/mol. The molecule has 1 rings (SSSR count). The number of hydrogen-bond donors (Lipinski definition) is 1. The molecule has 4 nitrogen and oxygen atoms in total. The first kappa shape index (κ1) is 15.3. The number of carbonyl (C=O) groups excluding carboxylic acids is 1. The van der Waals surface area contributed by atoms with E-state index in [0.717, 1.165) is 16.8 Å². The summed E-state index contributed by atoms with van der Waals surface area (Å²) in [7, 11) is 1.81. The zero-order valence-electron chi connectivity index (χ0n) is 12.4. The average Bonchev–Trinajstić information content (AvgIpc) is 2.47. The van der Waals surface area contributed by atoms with Crippen LogP contribution in [0.5, 0.6) is 0 Å². The molecule has 1 heterocycles. The molecule has 0 spiro atoms. The van der Waals surface area contributed by atoms with E-state index in [9.17, 15) is 9.90 Å². The van der Waals surface area contributed by atoms with Crippen LogP contribution in [0.1, 0.15) is 48.1 Å². The van der Waals surface area contributed by atoms with Gasteiger partial charge in [0.05, 0.1) is 6.61 Å². The van der Waals surface area contributed by atoms with Crippen molar-refractivity contribution in [1.29, 1.82) is 0 Å². The van der Waals surface area contributed by atoms with Crippen LogP contribution in [0.25, 0.3) is 0 Å². The zero-order chi connectivity index (χ0) is 14.8. The van der Waals surface area contributed by atoms with Crippen molar-refractivity contribution in [1.82, 2.24) is 4.57 Å². The molecule has 19 heavy (non-hydrogen) atoms. The normalized spacial score (nSPS) is 10.9. The summed E-state index contributed by atoms with van der Waals surface area (Å²) in [6, 6.07) is 0.